The van der Waals surface area contributed by atoms with E-state index in [1.807, 2.05) is 0 Å². The maximum absolute atomic E-state index is 9.44. The summed E-state index contributed by atoms with van der Waals surface area (Å²) < 4.78 is 5.14. The number of aliphatic hydroxyl groups excluding tert-OH is 1. The van der Waals surface area contributed by atoms with E-state index in [0.717, 1.165) is 25.8 Å². The van der Waals surface area contributed by atoms with Crippen LogP contribution in [0.5, 0.6) is 5.75 Å². The van der Waals surface area contributed by atoms with Gasteiger partial charge in [0.25, 0.3) is 0 Å². The molecule has 0 aromatic carbocycles. The highest BCUT2D eigenvalue weighted by atomic mass is 35.5. The minimum absolute atomic E-state index is 0.155. The Bertz CT molecular complexity index is 389. The van der Waals surface area contributed by atoms with E-state index in [0.29, 0.717) is 22.6 Å². The molecule has 2 atom stereocenters. The summed E-state index contributed by atoms with van der Waals surface area (Å²) in [6.45, 7) is 0.765. The van der Waals surface area contributed by atoms with Crippen molar-refractivity contribution in [3.63, 3.8) is 0 Å². The number of aromatic nitrogens is 2. The Hall–Kier alpha value is -1.07. The molecule has 1 saturated carbocycles. The van der Waals surface area contributed by atoms with Crippen molar-refractivity contribution in [3.05, 3.63) is 11.5 Å². The zero-order valence-electron chi connectivity index (χ0n) is 9.69. The Morgan fingerprint density at radius 2 is 2.35 bits per heavy atom. The molecule has 0 spiro atoms. The summed E-state index contributed by atoms with van der Waals surface area (Å²) in [4.78, 5) is 7.95. The van der Waals surface area contributed by atoms with Gasteiger partial charge in [-0.25, -0.2) is 9.97 Å². The maximum Gasteiger partial charge on any atom is 0.198 e. The first-order valence-electron chi connectivity index (χ1n) is 5.67. The lowest BCUT2D eigenvalue weighted by Crippen LogP contribution is -2.14. The van der Waals surface area contributed by atoms with E-state index in [1.54, 1.807) is 0 Å². The number of rotatable bonds is 4. The van der Waals surface area contributed by atoms with E-state index < -0.39 is 0 Å². The van der Waals surface area contributed by atoms with Gasteiger partial charge in [0.05, 0.1) is 13.2 Å². The molecule has 94 valence electrons. The second-order valence-electron chi connectivity index (χ2n) is 4.26. The average molecular weight is 258 g/mol. The molecule has 1 heterocycles. The third kappa shape index (κ3) is 2.98. The summed E-state index contributed by atoms with van der Waals surface area (Å²) in [6, 6.07) is 0. The highest BCUT2D eigenvalue weighted by Crippen LogP contribution is 2.30. The molecule has 2 unspecified atom stereocenters. The van der Waals surface area contributed by atoms with Crippen molar-refractivity contribution in [1.82, 2.24) is 9.97 Å². The fourth-order valence-corrected chi connectivity index (χ4v) is 2.34. The number of nitrogens with one attached hydrogen (secondary N) is 1. The molecule has 2 N–H and O–H groups in total. The number of hydrogen-bond acceptors (Lipinski definition) is 5. The van der Waals surface area contributed by atoms with E-state index >= 15 is 0 Å². The van der Waals surface area contributed by atoms with Crippen LogP contribution in [-0.2, 0) is 0 Å². The standard InChI is InChI=1S/C11H16ClN3O2/c1-17-9-10(12)14-6-15-11(9)13-5-7-2-3-8(16)4-7/h6-8,16H,2-5H2,1H3,(H,13,14,15). The van der Waals surface area contributed by atoms with Crippen LogP contribution in [0.15, 0.2) is 6.33 Å². The zero-order chi connectivity index (χ0) is 12.3. The minimum atomic E-state index is -0.155. The van der Waals surface area contributed by atoms with Crippen LogP contribution < -0.4 is 10.1 Å². The first-order valence-corrected chi connectivity index (χ1v) is 6.05. The molecule has 0 bridgehead atoms. The van der Waals surface area contributed by atoms with Gasteiger partial charge in [-0.05, 0) is 25.2 Å². The van der Waals surface area contributed by atoms with Crippen LogP contribution in [0, 0.1) is 5.92 Å². The van der Waals surface area contributed by atoms with Crippen LogP contribution in [0.2, 0.25) is 5.15 Å². The van der Waals surface area contributed by atoms with Gasteiger partial charge in [-0.3, -0.25) is 0 Å². The maximum atomic E-state index is 9.44. The Morgan fingerprint density at radius 3 is 3.00 bits per heavy atom. The van der Waals surface area contributed by atoms with Crippen LogP contribution >= 0.6 is 11.6 Å². The van der Waals surface area contributed by atoms with E-state index in [-0.39, 0.29) is 6.10 Å². The molecule has 0 saturated heterocycles. The van der Waals surface area contributed by atoms with Gasteiger partial charge in [-0.2, -0.15) is 0 Å². The molecule has 17 heavy (non-hydrogen) atoms. The van der Waals surface area contributed by atoms with Crippen LogP contribution in [-0.4, -0.2) is 34.8 Å². The van der Waals surface area contributed by atoms with Crippen LogP contribution in [0.4, 0.5) is 5.82 Å². The number of halogens is 1. The minimum Gasteiger partial charge on any atom is -0.490 e. The van der Waals surface area contributed by atoms with Crippen LogP contribution in [0.25, 0.3) is 0 Å². The van der Waals surface area contributed by atoms with Gasteiger partial charge in [0.1, 0.15) is 6.33 Å². The van der Waals surface area contributed by atoms with Gasteiger partial charge in [-0.1, -0.05) is 11.6 Å². The van der Waals surface area contributed by atoms with Gasteiger partial charge < -0.3 is 15.2 Å². The van der Waals surface area contributed by atoms with Crippen LogP contribution in [0.3, 0.4) is 0 Å². The molecular weight excluding hydrogens is 242 g/mol. The van der Waals surface area contributed by atoms with E-state index in [9.17, 15) is 5.11 Å². The van der Waals surface area contributed by atoms with Gasteiger partial charge in [0.2, 0.25) is 0 Å². The lowest BCUT2D eigenvalue weighted by molar-refractivity contribution is 0.178. The summed E-state index contributed by atoms with van der Waals surface area (Å²) in [5, 5.41) is 12.9. The van der Waals surface area contributed by atoms with E-state index in [4.69, 9.17) is 16.3 Å². The SMILES string of the molecule is COc1c(Cl)ncnc1NCC1CCC(O)C1. The average Bonchev–Trinajstić information content (AvgIpc) is 2.72. The van der Waals surface area contributed by atoms with Crippen molar-refractivity contribution in [2.75, 3.05) is 19.0 Å². The summed E-state index contributed by atoms with van der Waals surface area (Å²) in [7, 11) is 1.54. The second kappa shape index (κ2) is 5.51. The van der Waals surface area contributed by atoms with Gasteiger partial charge in [-0.15, -0.1) is 0 Å². The van der Waals surface area contributed by atoms with Crippen LogP contribution in [0.1, 0.15) is 19.3 Å². The molecule has 1 aliphatic rings. The predicted molar refractivity (Wildman–Crippen MR) is 65.4 cm³/mol. The van der Waals surface area contributed by atoms with Gasteiger partial charge >= 0.3 is 0 Å². The van der Waals surface area contributed by atoms with Crippen molar-refractivity contribution < 1.29 is 9.84 Å². The van der Waals surface area contributed by atoms with Crippen molar-refractivity contribution in [3.8, 4) is 5.75 Å². The van der Waals surface area contributed by atoms with E-state index in [1.165, 1.54) is 13.4 Å². The first kappa shape index (κ1) is 12.4. The van der Waals surface area contributed by atoms with Crippen molar-refractivity contribution in [2.45, 2.75) is 25.4 Å². The van der Waals surface area contributed by atoms with Crippen molar-refractivity contribution in [2.24, 2.45) is 5.92 Å². The van der Waals surface area contributed by atoms with Crippen molar-refractivity contribution in [1.29, 1.82) is 0 Å². The van der Waals surface area contributed by atoms with E-state index in [2.05, 4.69) is 15.3 Å². The largest absolute Gasteiger partial charge is 0.490 e. The number of methoxy groups -OCH3 is 1. The highest BCUT2D eigenvalue weighted by molar-refractivity contribution is 6.31. The quantitative estimate of drug-likeness (QED) is 0.804. The second-order valence-corrected chi connectivity index (χ2v) is 4.62. The molecule has 0 aliphatic heterocycles. The molecule has 2 rings (SSSR count). The fourth-order valence-electron chi connectivity index (χ4n) is 2.13. The predicted octanol–water partition coefficient (Wildman–Crippen LogP) is 1.71. The number of anilines is 1. The third-order valence-electron chi connectivity index (χ3n) is 3.04. The summed E-state index contributed by atoms with van der Waals surface area (Å²) in [6.07, 6.45) is 4.01. The summed E-state index contributed by atoms with van der Waals surface area (Å²) in [5.41, 5.74) is 0. The smallest absolute Gasteiger partial charge is 0.198 e. The Kier molecular flexibility index (Phi) is 4.02. The molecule has 0 amide bonds. The number of aliphatic hydroxyl groups is 1. The highest BCUT2D eigenvalue weighted by Gasteiger charge is 2.23. The topological polar surface area (TPSA) is 67.3 Å². The summed E-state index contributed by atoms with van der Waals surface area (Å²) >= 11 is 5.89. The fraction of sp³-hybridized carbons (Fsp3) is 0.636. The normalized spacial score (nSPS) is 23.7. The molecular formula is C11H16ClN3O2. The Balaban J connectivity index is 1.97. The first-order chi connectivity index (χ1) is 8.20. The third-order valence-corrected chi connectivity index (χ3v) is 3.31. The van der Waals surface area contributed by atoms with Gasteiger partial charge in [0.15, 0.2) is 16.7 Å². The molecule has 5 nitrogen and oxygen atoms in total. The summed E-state index contributed by atoms with van der Waals surface area (Å²) in [5.74, 6) is 1.55. The molecule has 1 fully saturated rings. The molecule has 1 aromatic rings. The lowest BCUT2D eigenvalue weighted by Gasteiger charge is -2.13. The number of ether oxygens (including phenoxy) is 1. The molecule has 1 aliphatic carbocycles. The Morgan fingerprint density at radius 1 is 1.53 bits per heavy atom. The number of nitrogens with zero attached hydrogens (tertiary/aromatic N) is 2. The lowest BCUT2D eigenvalue weighted by atomic mass is 10.1. The van der Waals surface area contributed by atoms with Crippen molar-refractivity contribution >= 4 is 17.4 Å². The molecule has 6 heteroatoms. The number of hydrogen-bond donors (Lipinski definition) is 2. The molecule has 0 radical (unpaired) electrons. The monoisotopic (exact) mass is 257 g/mol. The van der Waals surface area contributed by atoms with Gasteiger partial charge in [0, 0.05) is 6.54 Å². The zero-order valence-corrected chi connectivity index (χ0v) is 10.4. The molecule has 1 aromatic heterocycles. The Labute approximate surface area is 105 Å².